The Bertz CT molecular complexity index is 578. The zero-order valence-electron chi connectivity index (χ0n) is 11.2. The van der Waals surface area contributed by atoms with Gasteiger partial charge in [0.15, 0.2) is 0 Å². The number of carbonyl (C=O) groups is 2. The van der Waals surface area contributed by atoms with Crippen LogP contribution in [0.15, 0.2) is 46.6 Å². The van der Waals surface area contributed by atoms with Gasteiger partial charge in [0.25, 0.3) is 5.91 Å². The molecule has 0 bridgehead atoms. The van der Waals surface area contributed by atoms with Gasteiger partial charge in [-0.1, -0.05) is 30.3 Å². The molecule has 0 unspecified atom stereocenters. The number of nitrogens with one attached hydrogen (secondary N) is 1. The van der Waals surface area contributed by atoms with Gasteiger partial charge in [-0.15, -0.1) is 0 Å². The summed E-state index contributed by atoms with van der Waals surface area (Å²) < 4.78 is 0. The predicted molar refractivity (Wildman–Crippen MR) is 75.8 cm³/mol. The van der Waals surface area contributed by atoms with Gasteiger partial charge < -0.3 is 11.1 Å². The first-order valence-electron chi connectivity index (χ1n) is 6.19. The Morgan fingerprint density at radius 3 is 2.70 bits per heavy atom. The largest absolute Gasteiger partial charge is 0.364 e. The molecule has 1 heterocycles. The molecule has 6 heteroatoms. The predicted octanol–water partition coefficient (Wildman–Crippen LogP) is 0.999. The molecule has 0 aliphatic carbocycles. The molecule has 1 aromatic rings. The molecule has 0 spiro atoms. The van der Waals surface area contributed by atoms with Crippen molar-refractivity contribution in [3.05, 3.63) is 47.2 Å². The summed E-state index contributed by atoms with van der Waals surface area (Å²) in [5.41, 5.74) is 7.06. The summed E-state index contributed by atoms with van der Waals surface area (Å²) in [5.74, 6) is -0.636. The van der Waals surface area contributed by atoms with Crippen molar-refractivity contribution in [2.75, 3.05) is 6.67 Å². The quantitative estimate of drug-likeness (QED) is 0.859. The van der Waals surface area contributed by atoms with Crippen molar-refractivity contribution in [3.8, 4) is 0 Å². The number of hydrogen-bond donors (Lipinski definition) is 2. The molecular weight excluding hydrogens is 256 g/mol. The van der Waals surface area contributed by atoms with E-state index in [-0.39, 0.29) is 18.4 Å². The van der Waals surface area contributed by atoms with E-state index in [2.05, 4.69) is 10.3 Å². The summed E-state index contributed by atoms with van der Waals surface area (Å²) in [6.07, 6.45) is 1.54. The normalized spacial score (nSPS) is 14.3. The standard InChI is InChI=1S/C14H16N4O2/c1-10-7-16-9-18(12(10)13(15)19)14(20)17-8-11-5-3-2-4-6-11/h2-7H,8-9H2,1H3,(H2,15,19)(H,17,20). The van der Waals surface area contributed by atoms with Gasteiger partial charge in [-0.3, -0.25) is 14.7 Å². The van der Waals surface area contributed by atoms with E-state index < -0.39 is 5.91 Å². The van der Waals surface area contributed by atoms with Crippen molar-refractivity contribution in [3.63, 3.8) is 0 Å². The van der Waals surface area contributed by atoms with Crippen LogP contribution in [-0.2, 0) is 11.3 Å². The number of allylic oxidation sites excluding steroid dienone is 1. The van der Waals surface area contributed by atoms with Crippen LogP contribution in [0.3, 0.4) is 0 Å². The van der Waals surface area contributed by atoms with E-state index in [0.717, 1.165) is 5.56 Å². The average molecular weight is 272 g/mol. The number of primary amides is 1. The molecule has 0 saturated heterocycles. The SMILES string of the molecule is CC1=C(C(N)=O)N(C(=O)NCc2ccccc2)CN=C1. The van der Waals surface area contributed by atoms with Crippen LogP contribution in [0.4, 0.5) is 4.79 Å². The van der Waals surface area contributed by atoms with Crippen LogP contribution in [0.1, 0.15) is 12.5 Å². The summed E-state index contributed by atoms with van der Waals surface area (Å²) in [7, 11) is 0. The van der Waals surface area contributed by atoms with Crippen molar-refractivity contribution < 1.29 is 9.59 Å². The van der Waals surface area contributed by atoms with Gasteiger partial charge in [0.05, 0.1) is 0 Å². The number of nitrogens with two attached hydrogens (primary N) is 1. The fourth-order valence-corrected chi connectivity index (χ4v) is 1.97. The molecule has 1 aliphatic heterocycles. The second kappa shape index (κ2) is 6.01. The van der Waals surface area contributed by atoms with Crippen LogP contribution in [0.25, 0.3) is 0 Å². The zero-order chi connectivity index (χ0) is 14.5. The minimum Gasteiger partial charge on any atom is -0.364 e. The third-order valence-corrected chi connectivity index (χ3v) is 2.92. The third kappa shape index (κ3) is 3.03. The van der Waals surface area contributed by atoms with Gasteiger partial charge >= 0.3 is 6.03 Å². The maximum absolute atomic E-state index is 12.1. The summed E-state index contributed by atoms with van der Waals surface area (Å²) in [6, 6.07) is 9.12. The summed E-state index contributed by atoms with van der Waals surface area (Å²) in [5, 5.41) is 2.75. The molecule has 1 aromatic carbocycles. The number of nitrogens with zero attached hydrogens (tertiary/aromatic N) is 2. The van der Waals surface area contributed by atoms with Crippen LogP contribution in [0.2, 0.25) is 0 Å². The smallest absolute Gasteiger partial charge is 0.323 e. The fourth-order valence-electron chi connectivity index (χ4n) is 1.97. The first-order chi connectivity index (χ1) is 9.59. The molecule has 3 amide bonds. The lowest BCUT2D eigenvalue weighted by Crippen LogP contribution is -2.44. The highest BCUT2D eigenvalue weighted by Gasteiger charge is 2.25. The van der Waals surface area contributed by atoms with Crippen molar-refractivity contribution >= 4 is 18.2 Å². The molecule has 3 N–H and O–H groups in total. The van der Waals surface area contributed by atoms with Crippen LogP contribution in [0, 0.1) is 0 Å². The Balaban J connectivity index is 2.06. The molecule has 0 fully saturated rings. The highest BCUT2D eigenvalue weighted by molar-refractivity contribution is 6.02. The van der Waals surface area contributed by atoms with E-state index in [0.29, 0.717) is 12.1 Å². The van der Waals surface area contributed by atoms with Gasteiger partial charge in [0, 0.05) is 12.8 Å². The Kier molecular flexibility index (Phi) is 4.14. The number of benzene rings is 1. The Hall–Kier alpha value is -2.63. The van der Waals surface area contributed by atoms with E-state index >= 15 is 0 Å². The van der Waals surface area contributed by atoms with Gasteiger partial charge in [0.2, 0.25) is 0 Å². The first-order valence-corrected chi connectivity index (χ1v) is 6.19. The number of urea groups is 1. The van der Waals surface area contributed by atoms with E-state index in [1.807, 2.05) is 30.3 Å². The molecule has 0 radical (unpaired) electrons. The fraction of sp³-hybridized carbons (Fsp3) is 0.214. The van der Waals surface area contributed by atoms with Crippen molar-refractivity contribution in [2.24, 2.45) is 10.7 Å². The zero-order valence-corrected chi connectivity index (χ0v) is 11.2. The summed E-state index contributed by atoms with van der Waals surface area (Å²) in [6.45, 7) is 2.17. The lowest BCUT2D eigenvalue weighted by atomic mass is 10.2. The van der Waals surface area contributed by atoms with Crippen molar-refractivity contribution in [2.45, 2.75) is 13.5 Å². The van der Waals surface area contributed by atoms with E-state index in [1.165, 1.54) is 4.90 Å². The third-order valence-electron chi connectivity index (χ3n) is 2.92. The maximum atomic E-state index is 12.1. The highest BCUT2D eigenvalue weighted by Crippen LogP contribution is 2.13. The van der Waals surface area contributed by atoms with E-state index in [9.17, 15) is 9.59 Å². The molecule has 20 heavy (non-hydrogen) atoms. The molecule has 104 valence electrons. The first kappa shape index (κ1) is 13.8. The van der Waals surface area contributed by atoms with Crippen LogP contribution < -0.4 is 11.1 Å². The lowest BCUT2D eigenvalue weighted by Gasteiger charge is -2.25. The number of aliphatic imine (C=N–C) groups is 1. The number of carbonyl (C=O) groups excluding carboxylic acids is 2. The van der Waals surface area contributed by atoms with Gasteiger partial charge in [-0.2, -0.15) is 0 Å². The molecule has 0 saturated carbocycles. The molecule has 0 aromatic heterocycles. The average Bonchev–Trinajstić information content (AvgIpc) is 2.45. The van der Waals surface area contributed by atoms with Gasteiger partial charge in [0.1, 0.15) is 12.4 Å². The number of hydrogen-bond acceptors (Lipinski definition) is 3. The number of amides is 3. The van der Waals surface area contributed by atoms with Gasteiger partial charge in [-0.25, -0.2) is 4.79 Å². The summed E-state index contributed by atoms with van der Waals surface area (Å²) in [4.78, 5) is 28.8. The molecule has 6 nitrogen and oxygen atoms in total. The molecule has 0 atom stereocenters. The van der Waals surface area contributed by atoms with Crippen LogP contribution in [0.5, 0.6) is 0 Å². The Labute approximate surface area is 117 Å². The second-order valence-corrected chi connectivity index (χ2v) is 4.42. The minimum absolute atomic E-state index is 0.0935. The second-order valence-electron chi connectivity index (χ2n) is 4.42. The van der Waals surface area contributed by atoms with Crippen molar-refractivity contribution in [1.29, 1.82) is 0 Å². The molecular formula is C14H16N4O2. The van der Waals surface area contributed by atoms with E-state index in [4.69, 9.17) is 5.73 Å². The lowest BCUT2D eigenvalue weighted by molar-refractivity contribution is -0.115. The monoisotopic (exact) mass is 272 g/mol. The Morgan fingerprint density at radius 1 is 1.35 bits per heavy atom. The van der Waals surface area contributed by atoms with Crippen LogP contribution >= 0.6 is 0 Å². The van der Waals surface area contributed by atoms with Crippen molar-refractivity contribution in [1.82, 2.24) is 10.2 Å². The topological polar surface area (TPSA) is 87.8 Å². The minimum atomic E-state index is -0.636. The molecule has 2 rings (SSSR count). The van der Waals surface area contributed by atoms with Gasteiger partial charge in [-0.05, 0) is 18.1 Å². The number of rotatable bonds is 3. The van der Waals surface area contributed by atoms with Crippen LogP contribution in [-0.4, -0.2) is 29.7 Å². The molecule has 1 aliphatic rings. The Morgan fingerprint density at radius 2 is 2.05 bits per heavy atom. The maximum Gasteiger partial charge on any atom is 0.323 e. The van der Waals surface area contributed by atoms with E-state index in [1.54, 1.807) is 13.1 Å². The summed E-state index contributed by atoms with van der Waals surface area (Å²) >= 11 is 0. The highest BCUT2D eigenvalue weighted by atomic mass is 16.2.